The van der Waals surface area contributed by atoms with Crippen molar-refractivity contribution in [1.82, 2.24) is 4.90 Å². The molecule has 1 aliphatic heterocycles. The maximum absolute atomic E-state index is 12.6. The molecule has 0 atom stereocenters. The summed E-state index contributed by atoms with van der Waals surface area (Å²) in [6.07, 6.45) is 0. The summed E-state index contributed by atoms with van der Waals surface area (Å²) >= 11 is 3.21. The van der Waals surface area contributed by atoms with E-state index in [1.807, 2.05) is 0 Å². The van der Waals surface area contributed by atoms with Crippen LogP contribution in [0.4, 0.5) is 11.4 Å². The highest BCUT2D eigenvalue weighted by Crippen LogP contribution is 2.37. The molecule has 2 N–H and O–H groups in total. The molecule has 0 saturated carbocycles. The van der Waals surface area contributed by atoms with E-state index in [9.17, 15) is 19.7 Å². The molecule has 0 spiro atoms. The molecule has 1 heterocycles. The van der Waals surface area contributed by atoms with Crippen LogP contribution >= 0.6 is 15.9 Å². The third-order valence-electron chi connectivity index (χ3n) is 3.76. The molecule has 10 nitrogen and oxygen atoms in total. The Balaban J connectivity index is 2.51. The van der Waals surface area contributed by atoms with Crippen molar-refractivity contribution in [2.24, 2.45) is 0 Å². The first-order valence-electron chi connectivity index (χ1n) is 7.93. The number of anilines is 1. The van der Waals surface area contributed by atoms with E-state index in [1.54, 1.807) is 6.92 Å². The van der Waals surface area contributed by atoms with E-state index in [2.05, 4.69) is 21.2 Å². The second kappa shape index (κ2) is 8.82. The van der Waals surface area contributed by atoms with Gasteiger partial charge in [0, 0.05) is 18.7 Å². The van der Waals surface area contributed by atoms with Gasteiger partial charge in [-0.15, -0.1) is 0 Å². The molecule has 0 aliphatic carbocycles. The minimum Gasteiger partial charge on any atom is -0.493 e. The van der Waals surface area contributed by atoms with Crippen LogP contribution in [0.1, 0.15) is 6.92 Å². The minimum atomic E-state index is -0.740. The van der Waals surface area contributed by atoms with Crippen molar-refractivity contribution >= 4 is 39.2 Å². The average Bonchev–Trinajstić information content (AvgIpc) is 2.93. The number of esters is 1. The lowest BCUT2D eigenvalue weighted by Gasteiger charge is -2.15. The van der Waals surface area contributed by atoms with Crippen molar-refractivity contribution in [1.29, 1.82) is 0 Å². The van der Waals surface area contributed by atoms with Gasteiger partial charge in [-0.3, -0.25) is 14.9 Å². The van der Waals surface area contributed by atoms with Gasteiger partial charge in [0.15, 0.2) is 0 Å². The number of ether oxygens (including phenoxy) is 2. The molecule has 1 aliphatic rings. The highest BCUT2D eigenvalue weighted by Gasteiger charge is 2.35. The number of benzene rings is 1. The van der Waals surface area contributed by atoms with Gasteiger partial charge < -0.3 is 24.8 Å². The number of nitrogens with one attached hydrogen (secondary N) is 1. The fraction of sp³-hybridized carbons (Fsp3) is 0.375. The number of rotatable bonds is 8. The van der Waals surface area contributed by atoms with E-state index >= 15 is 0 Å². The number of β-amino-alcohol motifs (C(OH)–C–C–N with tert-alkyl or cyclic N) is 1. The summed E-state index contributed by atoms with van der Waals surface area (Å²) in [5, 5.41) is 23.2. The van der Waals surface area contributed by atoms with E-state index in [-0.39, 0.29) is 42.3 Å². The summed E-state index contributed by atoms with van der Waals surface area (Å²) in [5.74, 6) is -0.973. The number of aliphatic hydroxyl groups is 1. The van der Waals surface area contributed by atoms with Gasteiger partial charge in [0.25, 0.3) is 11.6 Å². The van der Waals surface area contributed by atoms with Gasteiger partial charge >= 0.3 is 5.97 Å². The zero-order valence-electron chi connectivity index (χ0n) is 14.7. The first-order valence-corrected chi connectivity index (χ1v) is 8.72. The van der Waals surface area contributed by atoms with Crippen molar-refractivity contribution in [2.75, 3.05) is 38.7 Å². The van der Waals surface area contributed by atoms with Crippen LogP contribution in [-0.2, 0) is 14.3 Å². The van der Waals surface area contributed by atoms with Crippen LogP contribution in [0.3, 0.4) is 0 Å². The molecule has 1 aromatic rings. The molecule has 1 aromatic carbocycles. The van der Waals surface area contributed by atoms with Gasteiger partial charge in [0.2, 0.25) is 0 Å². The number of hydrogen-bond acceptors (Lipinski definition) is 8. The van der Waals surface area contributed by atoms with Crippen LogP contribution in [0.2, 0.25) is 0 Å². The van der Waals surface area contributed by atoms with Gasteiger partial charge in [0.05, 0.1) is 41.8 Å². The summed E-state index contributed by atoms with van der Waals surface area (Å²) in [6.45, 7) is 1.73. The SMILES string of the molecule is CCOc1cc(NC2=C(C(=O)OC)CN(CCO)C2=O)c([N+](=O)[O-])cc1Br. The molecule has 0 radical (unpaired) electrons. The van der Waals surface area contributed by atoms with Crippen LogP contribution in [0.5, 0.6) is 5.75 Å². The van der Waals surface area contributed by atoms with Gasteiger partial charge in [-0.1, -0.05) is 0 Å². The predicted molar refractivity (Wildman–Crippen MR) is 98.3 cm³/mol. The zero-order valence-corrected chi connectivity index (χ0v) is 16.2. The second-order valence-corrected chi connectivity index (χ2v) is 6.26. The second-order valence-electron chi connectivity index (χ2n) is 5.41. The number of nitro groups is 1. The van der Waals surface area contributed by atoms with Crippen LogP contribution in [-0.4, -0.2) is 60.2 Å². The van der Waals surface area contributed by atoms with E-state index in [4.69, 9.17) is 14.6 Å². The lowest BCUT2D eigenvalue weighted by Crippen LogP contribution is -2.31. The maximum Gasteiger partial charge on any atom is 0.337 e. The summed E-state index contributed by atoms with van der Waals surface area (Å²) in [6, 6.07) is 2.62. The minimum absolute atomic E-state index is 0.0110. The molecule has 0 aromatic heterocycles. The summed E-state index contributed by atoms with van der Waals surface area (Å²) < 4.78 is 10.5. The van der Waals surface area contributed by atoms with Crippen molar-refractivity contribution in [2.45, 2.75) is 6.92 Å². The Bertz CT molecular complexity index is 809. The average molecular weight is 444 g/mol. The molecule has 1 amide bonds. The van der Waals surface area contributed by atoms with E-state index in [1.165, 1.54) is 24.1 Å². The van der Waals surface area contributed by atoms with E-state index < -0.39 is 16.8 Å². The molecule has 0 fully saturated rings. The molecule has 0 bridgehead atoms. The molecule has 0 saturated heterocycles. The number of nitro benzene ring substituents is 1. The number of carbonyl (C=O) groups is 2. The van der Waals surface area contributed by atoms with Crippen molar-refractivity contribution in [3.63, 3.8) is 0 Å². The Morgan fingerprint density at radius 2 is 2.19 bits per heavy atom. The number of methoxy groups -OCH3 is 1. The Kier molecular flexibility index (Phi) is 6.75. The number of halogens is 1. The monoisotopic (exact) mass is 443 g/mol. The largest absolute Gasteiger partial charge is 0.493 e. The Hall–Kier alpha value is -2.66. The molecular weight excluding hydrogens is 426 g/mol. The quantitative estimate of drug-likeness (QED) is 0.350. The number of aliphatic hydroxyl groups excluding tert-OH is 1. The lowest BCUT2D eigenvalue weighted by molar-refractivity contribution is -0.384. The molecule has 0 unspecified atom stereocenters. The summed E-state index contributed by atoms with van der Waals surface area (Å²) in [7, 11) is 1.17. The molecular formula is C16H18BrN3O7. The van der Waals surface area contributed by atoms with Crippen LogP contribution in [0.15, 0.2) is 27.9 Å². The van der Waals surface area contributed by atoms with Gasteiger partial charge in [0.1, 0.15) is 17.1 Å². The summed E-state index contributed by atoms with van der Waals surface area (Å²) in [4.78, 5) is 36.6. The number of hydrogen-bond donors (Lipinski definition) is 2. The highest BCUT2D eigenvalue weighted by molar-refractivity contribution is 9.10. The predicted octanol–water partition coefficient (Wildman–Crippen LogP) is 1.43. The molecule has 146 valence electrons. The third-order valence-corrected chi connectivity index (χ3v) is 4.38. The molecule has 27 heavy (non-hydrogen) atoms. The first-order chi connectivity index (χ1) is 12.8. The van der Waals surface area contributed by atoms with Crippen LogP contribution in [0.25, 0.3) is 0 Å². The Labute approximate surface area is 163 Å². The topological polar surface area (TPSA) is 131 Å². The number of nitrogens with zero attached hydrogens (tertiary/aromatic N) is 2. The number of carbonyl (C=O) groups excluding carboxylic acids is 2. The van der Waals surface area contributed by atoms with Gasteiger partial charge in [-0.25, -0.2) is 4.79 Å². The van der Waals surface area contributed by atoms with Gasteiger partial charge in [-0.2, -0.15) is 0 Å². The highest BCUT2D eigenvalue weighted by atomic mass is 79.9. The van der Waals surface area contributed by atoms with Crippen molar-refractivity contribution < 1.29 is 29.1 Å². The zero-order chi connectivity index (χ0) is 20.1. The maximum atomic E-state index is 12.6. The smallest absolute Gasteiger partial charge is 0.337 e. The van der Waals surface area contributed by atoms with Crippen LogP contribution < -0.4 is 10.1 Å². The third kappa shape index (κ3) is 4.37. The number of amides is 1. The van der Waals surface area contributed by atoms with Crippen LogP contribution in [0, 0.1) is 10.1 Å². The molecule has 2 rings (SSSR count). The van der Waals surface area contributed by atoms with Crippen molar-refractivity contribution in [3.05, 3.63) is 38.0 Å². The summed E-state index contributed by atoms with van der Waals surface area (Å²) in [5.41, 5.74) is -0.438. The van der Waals surface area contributed by atoms with E-state index in [0.717, 1.165) is 0 Å². The normalized spacial score (nSPS) is 13.8. The van der Waals surface area contributed by atoms with Crippen molar-refractivity contribution in [3.8, 4) is 5.75 Å². The first kappa shape index (κ1) is 20.6. The lowest BCUT2D eigenvalue weighted by atomic mass is 10.2. The standard InChI is InChI=1S/C16H18BrN3O7/c1-3-27-13-7-11(12(20(24)25)6-10(13)17)18-14-9(16(23)26-2)8-19(4-5-21)15(14)22/h6-7,18,21H,3-5,8H2,1-2H3. The molecule has 11 heteroatoms. The van der Waals surface area contributed by atoms with E-state index in [0.29, 0.717) is 16.8 Å². The van der Waals surface area contributed by atoms with Gasteiger partial charge in [-0.05, 0) is 22.9 Å². The fourth-order valence-corrected chi connectivity index (χ4v) is 2.99. The Morgan fingerprint density at radius 1 is 1.48 bits per heavy atom. The Morgan fingerprint density at radius 3 is 2.74 bits per heavy atom. The fourth-order valence-electron chi connectivity index (χ4n) is 2.54.